The number of fused-ring (bicyclic) bond motifs is 1. The normalized spacial score (nSPS) is 16.4. The smallest absolute Gasteiger partial charge is 0.267 e. The van der Waals surface area contributed by atoms with Crippen LogP contribution in [0.5, 0.6) is 5.75 Å². The molecule has 0 fully saturated rings. The Kier molecular flexibility index (Phi) is 4.25. The van der Waals surface area contributed by atoms with Crippen LogP contribution in [0.1, 0.15) is 22.8 Å². The first-order valence-corrected chi connectivity index (χ1v) is 7.85. The van der Waals surface area contributed by atoms with E-state index in [4.69, 9.17) is 4.74 Å². The summed E-state index contributed by atoms with van der Waals surface area (Å²) in [5, 5.41) is 0. The van der Waals surface area contributed by atoms with E-state index in [1.165, 1.54) is 4.90 Å². The van der Waals surface area contributed by atoms with E-state index in [9.17, 15) is 9.59 Å². The lowest BCUT2D eigenvalue weighted by Gasteiger charge is -2.30. The number of rotatable bonds is 3. The first-order chi connectivity index (χ1) is 11.5. The molecule has 1 heterocycles. The average Bonchev–Trinajstić information content (AvgIpc) is 2.60. The summed E-state index contributed by atoms with van der Waals surface area (Å²) < 4.78 is 5.59. The number of nitrogens with zero attached hydrogens (tertiary/aromatic N) is 2. The lowest BCUT2D eigenvalue weighted by molar-refractivity contribution is -0.125. The summed E-state index contributed by atoms with van der Waals surface area (Å²) in [5.41, 5.74) is 2.22. The molecule has 0 bridgehead atoms. The van der Waals surface area contributed by atoms with Crippen LogP contribution in [0.4, 0.5) is 5.69 Å². The zero-order valence-corrected chi connectivity index (χ0v) is 14.0. The fourth-order valence-corrected chi connectivity index (χ4v) is 2.79. The highest BCUT2D eigenvalue weighted by molar-refractivity contribution is 6.02. The third-order valence-electron chi connectivity index (χ3n) is 4.16. The van der Waals surface area contributed by atoms with Gasteiger partial charge in [-0.1, -0.05) is 30.3 Å². The van der Waals surface area contributed by atoms with Gasteiger partial charge >= 0.3 is 0 Å². The average molecular weight is 324 g/mol. The topological polar surface area (TPSA) is 49.9 Å². The van der Waals surface area contributed by atoms with Gasteiger partial charge in [0.15, 0.2) is 6.10 Å². The molecule has 2 amide bonds. The summed E-state index contributed by atoms with van der Waals surface area (Å²) in [6.45, 7) is 2.24. The molecule has 0 saturated carbocycles. The van der Waals surface area contributed by atoms with Crippen LogP contribution in [0, 0.1) is 0 Å². The summed E-state index contributed by atoms with van der Waals surface area (Å²) in [6, 6.07) is 15.0. The van der Waals surface area contributed by atoms with Crippen LogP contribution in [-0.4, -0.2) is 36.9 Å². The minimum Gasteiger partial charge on any atom is -0.479 e. The number of ether oxygens (including phenoxy) is 1. The highest BCUT2D eigenvalue weighted by Gasteiger charge is 2.29. The Morgan fingerprint density at radius 2 is 1.92 bits per heavy atom. The summed E-state index contributed by atoms with van der Waals surface area (Å²) in [7, 11) is 3.46. The molecule has 1 atom stereocenters. The Hall–Kier alpha value is -2.82. The van der Waals surface area contributed by atoms with Gasteiger partial charge in [0, 0.05) is 26.2 Å². The van der Waals surface area contributed by atoms with E-state index in [0.29, 0.717) is 23.5 Å². The van der Waals surface area contributed by atoms with Crippen LogP contribution >= 0.6 is 0 Å². The SMILES string of the molecule is CC1Oc2ccc(C(=O)N(C)Cc3ccccc3)cc2N(C)C1=O. The Bertz CT molecular complexity index is 773. The molecule has 5 heteroatoms. The summed E-state index contributed by atoms with van der Waals surface area (Å²) >= 11 is 0. The van der Waals surface area contributed by atoms with Crippen molar-refractivity contribution in [3.63, 3.8) is 0 Å². The summed E-state index contributed by atoms with van der Waals surface area (Å²) in [5.74, 6) is 0.401. The van der Waals surface area contributed by atoms with Crippen molar-refractivity contribution < 1.29 is 14.3 Å². The molecule has 0 aliphatic carbocycles. The molecule has 1 aliphatic rings. The van der Waals surface area contributed by atoms with Crippen molar-refractivity contribution in [3.8, 4) is 5.75 Å². The highest BCUT2D eigenvalue weighted by atomic mass is 16.5. The van der Waals surface area contributed by atoms with Gasteiger partial charge in [-0.2, -0.15) is 0 Å². The van der Waals surface area contributed by atoms with Gasteiger partial charge in [-0.25, -0.2) is 0 Å². The van der Waals surface area contributed by atoms with E-state index in [1.807, 2.05) is 30.3 Å². The molecule has 0 saturated heterocycles. The molecule has 3 rings (SSSR count). The Morgan fingerprint density at radius 1 is 1.21 bits per heavy atom. The van der Waals surface area contributed by atoms with Crippen molar-refractivity contribution in [1.29, 1.82) is 0 Å². The predicted octanol–water partition coefficient (Wildman–Crippen LogP) is 2.70. The first kappa shape index (κ1) is 16.1. The number of hydrogen-bond acceptors (Lipinski definition) is 3. The van der Waals surface area contributed by atoms with Gasteiger partial charge < -0.3 is 14.5 Å². The molecule has 0 N–H and O–H groups in total. The zero-order chi connectivity index (χ0) is 17.3. The molecule has 0 spiro atoms. The molecule has 0 radical (unpaired) electrons. The maximum Gasteiger partial charge on any atom is 0.267 e. The van der Waals surface area contributed by atoms with Gasteiger partial charge in [-0.15, -0.1) is 0 Å². The standard InChI is InChI=1S/C19H20N2O3/c1-13-18(22)21(3)16-11-15(9-10-17(16)24-13)19(23)20(2)12-14-7-5-4-6-8-14/h4-11,13H,12H2,1-3H3. The highest BCUT2D eigenvalue weighted by Crippen LogP contribution is 2.34. The third-order valence-corrected chi connectivity index (χ3v) is 4.16. The van der Waals surface area contributed by atoms with Gasteiger partial charge in [0.2, 0.25) is 0 Å². The van der Waals surface area contributed by atoms with Crippen molar-refractivity contribution in [3.05, 3.63) is 59.7 Å². The summed E-state index contributed by atoms with van der Waals surface area (Å²) in [6.07, 6.45) is -0.509. The van der Waals surface area contributed by atoms with Crippen molar-refractivity contribution in [2.45, 2.75) is 19.6 Å². The number of benzene rings is 2. The largest absolute Gasteiger partial charge is 0.479 e. The Balaban J connectivity index is 1.82. The van der Waals surface area contributed by atoms with Crippen molar-refractivity contribution in [2.75, 3.05) is 19.0 Å². The van der Waals surface area contributed by atoms with Crippen LogP contribution in [0.3, 0.4) is 0 Å². The van der Waals surface area contributed by atoms with E-state index < -0.39 is 6.10 Å². The second-order valence-electron chi connectivity index (χ2n) is 5.99. The van der Waals surface area contributed by atoms with Gasteiger partial charge in [-0.3, -0.25) is 9.59 Å². The van der Waals surface area contributed by atoms with Gasteiger partial charge in [-0.05, 0) is 30.7 Å². The van der Waals surface area contributed by atoms with Crippen LogP contribution < -0.4 is 9.64 Å². The number of carbonyl (C=O) groups excluding carboxylic acids is 2. The fraction of sp³-hybridized carbons (Fsp3) is 0.263. The number of anilines is 1. The first-order valence-electron chi connectivity index (χ1n) is 7.85. The van der Waals surface area contributed by atoms with E-state index in [-0.39, 0.29) is 11.8 Å². The van der Waals surface area contributed by atoms with Crippen molar-refractivity contribution in [2.24, 2.45) is 0 Å². The molecule has 5 nitrogen and oxygen atoms in total. The van der Waals surface area contributed by atoms with Crippen LogP contribution in [0.15, 0.2) is 48.5 Å². The maximum atomic E-state index is 12.7. The fourth-order valence-electron chi connectivity index (χ4n) is 2.79. The lowest BCUT2D eigenvalue weighted by atomic mass is 10.1. The molecule has 124 valence electrons. The molecular weight excluding hydrogens is 304 g/mol. The van der Waals surface area contributed by atoms with E-state index in [2.05, 4.69) is 0 Å². The third kappa shape index (κ3) is 2.97. The molecule has 24 heavy (non-hydrogen) atoms. The molecular formula is C19H20N2O3. The van der Waals surface area contributed by atoms with Crippen molar-refractivity contribution >= 4 is 17.5 Å². The second kappa shape index (κ2) is 6.35. The number of likely N-dealkylation sites (N-methyl/N-ethyl adjacent to an activating group) is 1. The molecule has 1 unspecified atom stereocenters. The Labute approximate surface area is 141 Å². The maximum absolute atomic E-state index is 12.7. The predicted molar refractivity (Wildman–Crippen MR) is 92.2 cm³/mol. The molecule has 0 aromatic heterocycles. The van der Waals surface area contributed by atoms with Gasteiger partial charge in [0.25, 0.3) is 11.8 Å². The van der Waals surface area contributed by atoms with Gasteiger partial charge in [0.1, 0.15) is 5.75 Å². The molecule has 2 aromatic rings. The number of carbonyl (C=O) groups is 2. The van der Waals surface area contributed by atoms with Crippen LogP contribution in [0.25, 0.3) is 0 Å². The lowest BCUT2D eigenvalue weighted by Crippen LogP contribution is -2.42. The quantitative estimate of drug-likeness (QED) is 0.872. The molecule has 1 aliphatic heterocycles. The van der Waals surface area contributed by atoms with E-state index >= 15 is 0 Å². The minimum absolute atomic E-state index is 0.0962. The zero-order valence-electron chi connectivity index (χ0n) is 14.0. The van der Waals surface area contributed by atoms with E-state index in [0.717, 1.165) is 5.56 Å². The molecule has 2 aromatic carbocycles. The second-order valence-corrected chi connectivity index (χ2v) is 5.99. The van der Waals surface area contributed by atoms with Crippen molar-refractivity contribution in [1.82, 2.24) is 4.90 Å². The van der Waals surface area contributed by atoms with Crippen LogP contribution in [0.2, 0.25) is 0 Å². The summed E-state index contributed by atoms with van der Waals surface area (Å²) in [4.78, 5) is 27.9. The Morgan fingerprint density at radius 3 is 2.62 bits per heavy atom. The minimum atomic E-state index is -0.509. The van der Waals surface area contributed by atoms with Crippen LogP contribution in [-0.2, 0) is 11.3 Å². The monoisotopic (exact) mass is 324 g/mol. The number of amides is 2. The van der Waals surface area contributed by atoms with Gasteiger partial charge in [0.05, 0.1) is 5.69 Å². The number of hydrogen-bond donors (Lipinski definition) is 0. The van der Waals surface area contributed by atoms with E-state index in [1.54, 1.807) is 44.1 Å².